The van der Waals surface area contributed by atoms with Gasteiger partial charge in [-0.15, -0.1) is 0 Å². The Bertz CT molecular complexity index is 797. The summed E-state index contributed by atoms with van der Waals surface area (Å²) in [6.45, 7) is 0. The normalized spacial score (nSPS) is 10.0. The summed E-state index contributed by atoms with van der Waals surface area (Å²) in [5, 5.41) is 3.27. The molecule has 0 unspecified atom stereocenters. The number of nitrogens with one attached hydrogen (secondary N) is 1. The van der Waals surface area contributed by atoms with Crippen molar-refractivity contribution in [2.75, 3.05) is 12.4 Å². The molecule has 0 saturated carbocycles. The van der Waals surface area contributed by atoms with Gasteiger partial charge in [-0.05, 0) is 60.7 Å². The van der Waals surface area contributed by atoms with E-state index in [0.717, 1.165) is 17.1 Å². The van der Waals surface area contributed by atoms with E-state index in [1.54, 1.807) is 43.5 Å². The van der Waals surface area contributed by atoms with Crippen molar-refractivity contribution in [2.24, 2.45) is 0 Å². The van der Waals surface area contributed by atoms with E-state index >= 15 is 0 Å². The molecule has 4 nitrogen and oxygen atoms in total. The van der Waals surface area contributed by atoms with Gasteiger partial charge in [-0.3, -0.25) is 0 Å². The predicted molar refractivity (Wildman–Crippen MR) is 94.1 cm³/mol. The first-order chi connectivity index (χ1) is 11.7. The zero-order chi connectivity index (χ0) is 16.8. The Labute approximate surface area is 140 Å². The van der Waals surface area contributed by atoms with Crippen LogP contribution >= 0.6 is 0 Å². The lowest BCUT2D eigenvalue weighted by Gasteiger charge is -2.09. The molecule has 0 aliphatic carbocycles. The number of anilines is 2. The SMILES string of the molecule is COc1ccc(Nc2ccc(OC(=O)c3ccccc3)cc2)cc1. The van der Waals surface area contributed by atoms with E-state index in [0.29, 0.717) is 11.3 Å². The average Bonchev–Trinajstić information content (AvgIpc) is 2.65. The number of methoxy groups -OCH3 is 1. The van der Waals surface area contributed by atoms with E-state index in [4.69, 9.17) is 9.47 Å². The van der Waals surface area contributed by atoms with E-state index < -0.39 is 0 Å². The summed E-state index contributed by atoms with van der Waals surface area (Å²) < 4.78 is 10.5. The molecule has 3 aromatic carbocycles. The summed E-state index contributed by atoms with van der Waals surface area (Å²) in [6, 6.07) is 23.8. The van der Waals surface area contributed by atoms with Gasteiger partial charge in [-0.2, -0.15) is 0 Å². The lowest BCUT2D eigenvalue weighted by Crippen LogP contribution is -2.07. The van der Waals surface area contributed by atoms with Crippen LogP contribution in [-0.2, 0) is 0 Å². The van der Waals surface area contributed by atoms with Gasteiger partial charge in [0, 0.05) is 11.4 Å². The fourth-order valence-electron chi connectivity index (χ4n) is 2.19. The highest BCUT2D eigenvalue weighted by molar-refractivity contribution is 5.91. The van der Waals surface area contributed by atoms with E-state index in [1.165, 1.54) is 0 Å². The number of carbonyl (C=O) groups excluding carboxylic acids is 1. The zero-order valence-corrected chi connectivity index (χ0v) is 13.2. The monoisotopic (exact) mass is 319 g/mol. The molecule has 3 rings (SSSR count). The van der Waals surface area contributed by atoms with E-state index in [-0.39, 0.29) is 5.97 Å². The molecule has 0 fully saturated rings. The number of hydrogen-bond donors (Lipinski definition) is 1. The molecule has 0 saturated heterocycles. The minimum Gasteiger partial charge on any atom is -0.497 e. The van der Waals surface area contributed by atoms with Crippen molar-refractivity contribution in [3.63, 3.8) is 0 Å². The van der Waals surface area contributed by atoms with Crippen molar-refractivity contribution in [2.45, 2.75) is 0 Å². The van der Waals surface area contributed by atoms with Crippen molar-refractivity contribution >= 4 is 17.3 Å². The Balaban J connectivity index is 1.63. The van der Waals surface area contributed by atoms with Crippen LogP contribution in [0.15, 0.2) is 78.9 Å². The number of hydrogen-bond acceptors (Lipinski definition) is 4. The highest BCUT2D eigenvalue weighted by atomic mass is 16.5. The highest BCUT2D eigenvalue weighted by Gasteiger charge is 2.07. The molecule has 0 amide bonds. The highest BCUT2D eigenvalue weighted by Crippen LogP contribution is 2.22. The molecule has 0 aromatic heterocycles. The maximum atomic E-state index is 12.0. The molecule has 4 heteroatoms. The maximum absolute atomic E-state index is 12.0. The molecule has 0 radical (unpaired) electrons. The Morgan fingerprint density at radius 1 is 0.750 bits per heavy atom. The van der Waals surface area contributed by atoms with Gasteiger partial charge in [0.2, 0.25) is 0 Å². The summed E-state index contributed by atoms with van der Waals surface area (Å²) in [6.07, 6.45) is 0. The number of carbonyl (C=O) groups is 1. The number of ether oxygens (including phenoxy) is 2. The molecule has 0 atom stereocenters. The Hall–Kier alpha value is -3.27. The van der Waals surface area contributed by atoms with Crippen molar-refractivity contribution < 1.29 is 14.3 Å². The first-order valence-electron chi connectivity index (χ1n) is 7.53. The summed E-state index contributed by atoms with van der Waals surface area (Å²) in [5.41, 5.74) is 2.38. The van der Waals surface area contributed by atoms with Gasteiger partial charge in [-0.25, -0.2) is 4.79 Å². The van der Waals surface area contributed by atoms with Crippen LogP contribution in [-0.4, -0.2) is 13.1 Å². The van der Waals surface area contributed by atoms with Gasteiger partial charge in [0.05, 0.1) is 12.7 Å². The van der Waals surface area contributed by atoms with Crippen LogP contribution in [0.3, 0.4) is 0 Å². The van der Waals surface area contributed by atoms with Crippen molar-refractivity contribution in [1.29, 1.82) is 0 Å². The van der Waals surface area contributed by atoms with Crippen LogP contribution < -0.4 is 14.8 Å². The quantitative estimate of drug-likeness (QED) is 0.549. The lowest BCUT2D eigenvalue weighted by molar-refractivity contribution is 0.0735. The van der Waals surface area contributed by atoms with Crippen LogP contribution in [0.5, 0.6) is 11.5 Å². The molecule has 1 N–H and O–H groups in total. The van der Waals surface area contributed by atoms with Crippen LogP contribution in [0.2, 0.25) is 0 Å². The smallest absolute Gasteiger partial charge is 0.343 e. The van der Waals surface area contributed by atoms with Crippen LogP contribution in [0.25, 0.3) is 0 Å². The Kier molecular flexibility index (Phi) is 4.77. The summed E-state index contributed by atoms with van der Waals surface area (Å²) in [7, 11) is 1.64. The van der Waals surface area contributed by atoms with E-state index in [1.807, 2.05) is 42.5 Å². The van der Waals surface area contributed by atoms with E-state index in [9.17, 15) is 4.79 Å². The third-order valence-corrected chi connectivity index (χ3v) is 3.45. The van der Waals surface area contributed by atoms with Crippen molar-refractivity contribution in [3.8, 4) is 11.5 Å². The molecule has 3 aromatic rings. The first kappa shape index (κ1) is 15.6. The molecule has 24 heavy (non-hydrogen) atoms. The number of esters is 1. The number of benzene rings is 3. The molecular formula is C20H17NO3. The first-order valence-corrected chi connectivity index (χ1v) is 7.53. The fraction of sp³-hybridized carbons (Fsp3) is 0.0500. The Morgan fingerprint density at radius 3 is 1.83 bits per heavy atom. The lowest BCUT2D eigenvalue weighted by atomic mass is 10.2. The third kappa shape index (κ3) is 3.93. The van der Waals surface area contributed by atoms with Gasteiger partial charge in [0.1, 0.15) is 11.5 Å². The Morgan fingerprint density at radius 2 is 1.29 bits per heavy atom. The molecular weight excluding hydrogens is 302 g/mol. The van der Waals surface area contributed by atoms with Crippen molar-refractivity contribution in [3.05, 3.63) is 84.4 Å². The predicted octanol–water partition coefficient (Wildman–Crippen LogP) is 4.66. The van der Waals surface area contributed by atoms with Crippen LogP contribution in [0, 0.1) is 0 Å². The van der Waals surface area contributed by atoms with Crippen LogP contribution in [0.1, 0.15) is 10.4 Å². The molecule has 0 spiro atoms. The molecule has 0 heterocycles. The van der Waals surface area contributed by atoms with Gasteiger partial charge in [0.25, 0.3) is 0 Å². The molecule has 0 aliphatic rings. The van der Waals surface area contributed by atoms with Gasteiger partial charge >= 0.3 is 5.97 Å². The topological polar surface area (TPSA) is 47.6 Å². The largest absolute Gasteiger partial charge is 0.497 e. The molecule has 120 valence electrons. The fourth-order valence-corrected chi connectivity index (χ4v) is 2.19. The summed E-state index contributed by atoms with van der Waals surface area (Å²) in [5.74, 6) is 0.944. The van der Waals surface area contributed by atoms with Gasteiger partial charge in [0.15, 0.2) is 0 Å². The summed E-state index contributed by atoms with van der Waals surface area (Å²) >= 11 is 0. The van der Waals surface area contributed by atoms with Crippen molar-refractivity contribution in [1.82, 2.24) is 0 Å². The second kappa shape index (κ2) is 7.33. The molecule has 0 aliphatic heterocycles. The maximum Gasteiger partial charge on any atom is 0.343 e. The standard InChI is InChI=1S/C20H17NO3/c1-23-18-11-7-16(8-12-18)21-17-9-13-19(14-10-17)24-20(22)15-5-3-2-4-6-15/h2-14,21H,1H3. The van der Waals surface area contributed by atoms with Gasteiger partial charge in [-0.1, -0.05) is 18.2 Å². The average molecular weight is 319 g/mol. The zero-order valence-electron chi connectivity index (χ0n) is 13.2. The summed E-state index contributed by atoms with van der Waals surface area (Å²) in [4.78, 5) is 12.0. The minimum absolute atomic E-state index is 0.369. The van der Waals surface area contributed by atoms with Gasteiger partial charge < -0.3 is 14.8 Å². The number of rotatable bonds is 5. The molecule has 0 bridgehead atoms. The van der Waals surface area contributed by atoms with E-state index in [2.05, 4.69) is 5.32 Å². The minimum atomic E-state index is -0.369. The van der Waals surface area contributed by atoms with Crippen LogP contribution in [0.4, 0.5) is 11.4 Å². The second-order valence-electron chi connectivity index (χ2n) is 5.13. The second-order valence-corrected chi connectivity index (χ2v) is 5.13. The third-order valence-electron chi connectivity index (χ3n) is 3.45.